The van der Waals surface area contributed by atoms with Gasteiger partial charge >= 0.3 is 0 Å². The number of hydrogen-bond acceptors (Lipinski definition) is 3. The average Bonchev–Trinajstić information content (AvgIpc) is 2.78. The first-order valence-corrected chi connectivity index (χ1v) is 5.96. The molecule has 0 aliphatic rings. The summed E-state index contributed by atoms with van der Waals surface area (Å²) in [4.78, 5) is 12.2. The highest BCUT2D eigenvalue weighted by Crippen LogP contribution is 2.29. The van der Waals surface area contributed by atoms with E-state index in [9.17, 15) is 10.1 Å². The van der Waals surface area contributed by atoms with Crippen molar-refractivity contribution >= 4 is 17.4 Å². The first-order chi connectivity index (χ1) is 8.16. The third kappa shape index (κ3) is 2.79. The van der Waals surface area contributed by atoms with Gasteiger partial charge in [-0.3, -0.25) is 10.1 Å². The van der Waals surface area contributed by atoms with Crippen LogP contribution < -0.4 is 0 Å². The molecule has 1 aromatic heterocycles. The van der Waals surface area contributed by atoms with Gasteiger partial charge in [0.25, 0.3) is 0 Å². The Labute approximate surface area is 103 Å². The second-order valence-electron chi connectivity index (χ2n) is 3.61. The maximum atomic E-state index is 10.5. The molecule has 0 atom stereocenters. The van der Waals surface area contributed by atoms with Gasteiger partial charge < -0.3 is 0 Å². The van der Waals surface area contributed by atoms with Crippen LogP contribution in [0, 0.1) is 10.1 Å². The van der Waals surface area contributed by atoms with E-state index in [0.29, 0.717) is 0 Å². The summed E-state index contributed by atoms with van der Waals surface area (Å²) < 4.78 is 0. The molecule has 86 valence electrons. The molecule has 0 unspecified atom stereocenters. The first-order valence-electron chi connectivity index (χ1n) is 5.15. The number of nitrogens with zero attached hydrogens (tertiary/aromatic N) is 1. The minimum Gasteiger partial charge on any atom is -0.259 e. The van der Waals surface area contributed by atoms with E-state index in [0.717, 1.165) is 15.3 Å². The molecule has 4 heteroatoms. The zero-order valence-corrected chi connectivity index (χ0v) is 10.1. The summed E-state index contributed by atoms with van der Waals surface area (Å²) in [6.07, 6.45) is 1.59. The summed E-state index contributed by atoms with van der Waals surface area (Å²) in [5.74, 6) is 0. The molecule has 2 rings (SSSR count). The van der Waals surface area contributed by atoms with Crippen LogP contribution in [0.15, 0.2) is 48.2 Å². The van der Waals surface area contributed by atoms with Gasteiger partial charge in [0.15, 0.2) is 0 Å². The topological polar surface area (TPSA) is 43.1 Å². The smallest absolute Gasteiger partial charge is 0.244 e. The van der Waals surface area contributed by atoms with E-state index in [4.69, 9.17) is 0 Å². The lowest BCUT2D eigenvalue weighted by atomic mass is 10.2. The summed E-state index contributed by atoms with van der Waals surface area (Å²) >= 11 is 1.55. The van der Waals surface area contributed by atoms with Gasteiger partial charge in [0.1, 0.15) is 0 Å². The zero-order chi connectivity index (χ0) is 12.3. The van der Waals surface area contributed by atoms with Gasteiger partial charge in [-0.25, -0.2) is 0 Å². The molecule has 0 radical (unpaired) electrons. The van der Waals surface area contributed by atoms with Crippen molar-refractivity contribution in [1.82, 2.24) is 0 Å². The van der Waals surface area contributed by atoms with Gasteiger partial charge in [0, 0.05) is 22.8 Å². The second kappa shape index (κ2) is 4.93. The Morgan fingerprint density at radius 1 is 1.24 bits per heavy atom. The van der Waals surface area contributed by atoms with Crippen molar-refractivity contribution in [3.8, 4) is 10.4 Å². The molecule has 0 spiro atoms. The minimum absolute atomic E-state index is 0.159. The molecular formula is C13H11NO2S. The number of hydrogen-bond donors (Lipinski definition) is 0. The zero-order valence-electron chi connectivity index (χ0n) is 9.29. The minimum atomic E-state index is -0.373. The van der Waals surface area contributed by atoms with Crippen LogP contribution in [0.25, 0.3) is 16.5 Å². The lowest BCUT2D eigenvalue weighted by molar-refractivity contribution is -0.422. The monoisotopic (exact) mass is 245 g/mol. The van der Waals surface area contributed by atoms with Crippen molar-refractivity contribution in [2.45, 2.75) is 6.92 Å². The van der Waals surface area contributed by atoms with Crippen LogP contribution in [-0.2, 0) is 0 Å². The van der Waals surface area contributed by atoms with Crippen LogP contribution in [0.4, 0.5) is 0 Å². The Balaban J connectivity index is 2.29. The van der Waals surface area contributed by atoms with Crippen LogP contribution in [-0.4, -0.2) is 4.92 Å². The van der Waals surface area contributed by atoms with E-state index in [1.165, 1.54) is 6.92 Å². The molecular weight excluding hydrogens is 234 g/mol. The molecule has 0 saturated heterocycles. The van der Waals surface area contributed by atoms with Crippen molar-refractivity contribution < 1.29 is 4.92 Å². The lowest BCUT2D eigenvalue weighted by Gasteiger charge is -1.94. The fourth-order valence-corrected chi connectivity index (χ4v) is 2.46. The SMILES string of the molecule is C/C(=C/c1ccc(-c2ccccc2)s1)[N+](=O)[O-]. The highest BCUT2D eigenvalue weighted by atomic mass is 32.1. The standard InChI is InChI=1S/C13H11NO2S/c1-10(14(15)16)9-12-7-8-13(17-12)11-5-3-2-4-6-11/h2-9H,1H3/b10-9-. The van der Waals surface area contributed by atoms with E-state index in [1.54, 1.807) is 17.4 Å². The molecule has 3 nitrogen and oxygen atoms in total. The Morgan fingerprint density at radius 3 is 2.59 bits per heavy atom. The van der Waals surface area contributed by atoms with Crippen molar-refractivity contribution in [3.05, 3.63) is 63.2 Å². The molecule has 0 aliphatic heterocycles. The van der Waals surface area contributed by atoms with Gasteiger partial charge in [0.05, 0.1) is 4.92 Å². The van der Waals surface area contributed by atoms with E-state index >= 15 is 0 Å². The molecule has 2 aromatic rings. The Bertz CT molecular complexity index is 558. The molecule has 0 amide bonds. The van der Waals surface area contributed by atoms with E-state index in [2.05, 4.69) is 0 Å². The van der Waals surface area contributed by atoms with Crippen LogP contribution in [0.3, 0.4) is 0 Å². The maximum Gasteiger partial charge on any atom is 0.244 e. The summed E-state index contributed by atoms with van der Waals surface area (Å²) in [5.41, 5.74) is 1.29. The van der Waals surface area contributed by atoms with Crippen molar-refractivity contribution in [2.75, 3.05) is 0 Å². The maximum absolute atomic E-state index is 10.5. The Hall–Kier alpha value is -1.94. The highest BCUT2D eigenvalue weighted by Gasteiger charge is 2.05. The van der Waals surface area contributed by atoms with Crippen LogP contribution in [0.2, 0.25) is 0 Å². The lowest BCUT2D eigenvalue weighted by Crippen LogP contribution is -1.91. The molecule has 0 aliphatic carbocycles. The van der Waals surface area contributed by atoms with Crippen LogP contribution in [0.5, 0.6) is 0 Å². The third-order valence-corrected chi connectivity index (χ3v) is 3.41. The van der Waals surface area contributed by atoms with Crippen LogP contribution >= 0.6 is 11.3 Å². The quantitative estimate of drug-likeness (QED) is 0.604. The van der Waals surface area contributed by atoms with Crippen molar-refractivity contribution in [3.63, 3.8) is 0 Å². The average molecular weight is 245 g/mol. The molecule has 1 aromatic carbocycles. The molecule has 0 N–H and O–H groups in total. The van der Waals surface area contributed by atoms with E-state index in [-0.39, 0.29) is 10.6 Å². The fraction of sp³-hybridized carbons (Fsp3) is 0.0769. The first kappa shape index (κ1) is 11.5. The van der Waals surface area contributed by atoms with Gasteiger partial charge in [-0.05, 0) is 17.7 Å². The number of benzene rings is 1. The van der Waals surface area contributed by atoms with Crippen molar-refractivity contribution in [1.29, 1.82) is 0 Å². The van der Waals surface area contributed by atoms with E-state index < -0.39 is 0 Å². The fourth-order valence-electron chi connectivity index (χ4n) is 1.45. The highest BCUT2D eigenvalue weighted by molar-refractivity contribution is 7.16. The number of allylic oxidation sites excluding steroid dienone is 1. The predicted octanol–water partition coefficient (Wildman–Crippen LogP) is 4.05. The van der Waals surface area contributed by atoms with Crippen molar-refractivity contribution in [2.24, 2.45) is 0 Å². The Morgan fingerprint density at radius 2 is 1.94 bits per heavy atom. The normalized spacial score (nSPS) is 11.5. The summed E-state index contributed by atoms with van der Waals surface area (Å²) in [6, 6.07) is 13.9. The molecule has 1 heterocycles. The van der Waals surface area contributed by atoms with Crippen LogP contribution in [0.1, 0.15) is 11.8 Å². The summed E-state index contributed by atoms with van der Waals surface area (Å²) in [5, 5.41) is 10.5. The molecule has 17 heavy (non-hydrogen) atoms. The van der Waals surface area contributed by atoms with Gasteiger partial charge in [-0.2, -0.15) is 0 Å². The number of rotatable bonds is 3. The summed E-state index contributed by atoms with van der Waals surface area (Å²) in [7, 11) is 0. The number of thiophene rings is 1. The van der Waals surface area contributed by atoms with Gasteiger partial charge in [-0.15, -0.1) is 11.3 Å². The summed E-state index contributed by atoms with van der Waals surface area (Å²) in [6.45, 7) is 1.50. The van der Waals surface area contributed by atoms with Gasteiger partial charge in [-0.1, -0.05) is 30.3 Å². The number of nitro groups is 1. The predicted molar refractivity (Wildman–Crippen MR) is 70.4 cm³/mol. The Kier molecular flexibility index (Phi) is 3.35. The van der Waals surface area contributed by atoms with E-state index in [1.807, 2.05) is 42.5 Å². The third-order valence-electron chi connectivity index (χ3n) is 2.32. The molecule has 0 fully saturated rings. The largest absolute Gasteiger partial charge is 0.259 e. The molecule has 0 bridgehead atoms. The van der Waals surface area contributed by atoms with Gasteiger partial charge in [0.2, 0.25) is 5.70 Å². The molecule has 0 saturated carbocycles. The second-order valence-corrected chi connectivity index (χ2v) is 4.73.